The van der Waals surface area contributed by atoms with Gasteiger partial charge in [-0.25, -0.2) is 9.61 Å². The lowest BCUT2D eigenvalue weighted by Gasteiger charge is -2.10. The third-order valence-corrected chi connectivity index (χ3v) is 3.17. The Morgan fingerprint density at radius 3 is 2.95 bits per heavy atom. The summed E-state index contributed by atoms with van der Waals surface area (Å²) in [6, 6.07) is 2.71. The Balaban J connectivity index is 1.69. The van der Waals surface area contributed by atoms with Gasteiger partial charge in [0.1, 0.15) is 5.69 Å². The summed E-state index contributed by atoms with van der Waals surface area (Å²) in [5.74, 6) is 0.592. The fraction of sp³-hybridized carbons (Fsp3) is 0.231. The van der Waals surface area contributed by atoms with Crippen LogP contribution in [0.4, 0.5) is 4.39 Å². The molecule has 0 amide bonds. The Kier molecular flexibility index (Phi) is 2.47. The van der Waals surface area contributed by atoms with Gasteiger partial charge in [-0.2, -0.15) is 4.39 Å². The lowest BCUT2D eigenvalue weighted by molar-refractivity contribution is -0.173. The molecule has 1 aliphatic heterocycles. The Morgan fingerprint density at radius 1 is 1.27 bits per heavy atom. The average Bonchev–Trinajstić information content (AvgIpc) is 3.00. The van der Waals surface area contributed by atoms with Crippen molar-refractivity contribution in [3.8, 4) is 11.5 Å². The van der Waals surface area contributed by atoms with Gasteiger partial charge in [-0.15, -0.1) is 0 Å². The standard InChI is InChI=1S/C13H9FN4O4/c1-13(14)20-8-3-2-6(5-9(8)21-13)4-7-12(19)16-11-10(15-7)17-22-18-11/h2-3,5H,4H2,1H3,(H,16,18,19). The monoisotopic (exact) mass is 304 g/mol. The van der Waals surface area contributed by atoms with Crippen LogP contribution in [0.1, 0.15) is 18.2 Å². The molecule has 0 aliphatic carbocycles. The first-order chi connectivity index (χ1) is 10.5. The molecule has 1 N–H and O–H groups in total. The number of hydrogen-bond donors (Lipinski definition) is 1. The first-order valence-corrected chi connectivity index (χ1v) is 6.41. The van der Waals surface area contributed by atoms with Crippen molar-refractivity contribution in [3.63, 3.8) is 0 Å². The van der Waals surface area contributed by atoms with Crippen LogP contribution in [-0.2, 0) is 6.42 Å². The number of nitrogens with one attached hydrogen (secondary N) is 1. The first kappa shape index (κ1) is 12.7. The lowest BCUT2D eigenvalue weighted by atomic mass is 10.1. The molecule has 9 heteroatoms. The topological polar surface area (TPSA) is 103 Å². The summed E-state index contributed by atoms with van der Waals surface area (Å²) in [5, 5.41) is 7.09. The molecule has 3 aromatic rings. The number of aromatic nitrogens is 4. The molecule has 1 unspecified atom stereocenters. The van der Waals surface area contributed by atoms with Crippen LogP contribution in [0.25, 0.3) is 11.3 Å². The van der Waals surface area contributed by atoms with Gasteiger partial charge in [0.15, 0.2) is 11.5 Å². The normalized spacial score (nSPS) is 19.7. The van der Waals surface area contributed by atoms with Crippen molar-refractivity contribution >= 4 is 11.3 Å². The third-order valence-electron chi connectivity index (χ3n) is 3.17. The van der Waals surface area contributed by atoms with Gasteiger partial charge in [0, 0.05) is 13.3 Å². The maximum atomic E-state index is 13.6. The number of hydrogen-bond acceptors (Lipinski definition) is 7. The molecule has 1 aliphatic rings. The van der Waals surface area contributed by atoms with Crippen molar-refractivity contribution in [2.24, 2.45) is 0 Å². The predicted molar refractivity (Wildman–Crippen MR) is 70.2 cm³/mol. The van der Waals surface area contributed by atoms with E-state index in [4.69, 9.17) is 9.47 Å². The van der Waals surface area contributed by atoms with Crippen molar-refractivity contribution < 1.29 is 18.5 Å². The Bertz CT molecular complexity index is 933. The number of halogens is 1. The van der Waals surface area contributed by atoms with E-state index in [1.807, 2.05) is 0 Å². The molecule has 0 spiro atoms. The predicted octanol–water partition coefficient (Wildman–Crippen LogP) is 1.31. The van der Waals surface area contributed by atoms with E-state index in [0.29, 0.717) is 11.3 Å². The minimum atomic E-state index is -2.18. The molecule has 112 valence electrons. The fourth-order valence-corrected chi connectivity index (χ4v) is 2.25. The summed E-state index contributed by atoms with van der Waals surface area (Å²) >= 11 is 0. The van der Waals surface area contributed by atoms with E-state index in [2.05, 4.69) is 24.9 Å². The van der Waals surface area contributed by atoms with Gasteiger partial charge in [-0.3, -0.25) is 9.78 Å². The summed E-state index contributed by atoms with van der Waals surface area (Å²) in [6.45, 7) is 1.17. The van der Waals surface area contributed by atoms with Crippen LogP contribution in [0.5, 0.6) is 11.5 Å². The second kappa shape index (κ2) is 4.26. The Labute approximate surface area is 121 Å². The smallest absolute Gasteiger partial charge is 0.404 e. The minimum Gasteiger partial charge on any atom is -0.423 e. The quantitative estimate of drug-likeness (QED) is 0.761. The Morgan fingerprint density at radius 2 is 2.09 bits per heavy atom. The SMILES string of the molecule is CC1(F)Oc2ccc(Cc3nc4nonc4[nH]c3=O)cc2O1. The molecule has 0 saturated heterocycles. The van der Waals surface area contributed by atoms with E-state index < -0.39 is 11.6 Å². The number of nitrogens with zero attached hydrogens (tertiary/aromatic N) is 3. The highest BCUT2D eigenvalue weighted by Gasteiger charge is 2.36. The van der Waals surface area contributed by atoms with E-state index in [1.54, 1.807) is 18.2 Å². The van der Waals surface area contributed by atoms with Crippen LogP contribution in [0.2, 0.25) is 0 Å². The highest BCUT2D eigenvalue weighted by molar-refractivity contribution is 5.62. The summed E-state index contributed by atoms with van der Waals surface area (Å²) in [4.78, 5) is 18.5. The molecule has 1 atom stereocenters. The van der Waals surface area contributed by atoms with Crippen molar-refractivity contribution in [2.75, 3.05) is 0 Å². The zero-order valence-corrected chi connectivity index (χ0v) is 11.3. The maximum absolute atomic E-state index is 13.6. The molecule has 0 saturated carbocycles. The zero-order chi connectivity index (χ0) is 15.3. The molecule has 3 heterocycles. The summed E-state index contributed by atoms with van der Waals surface area (Å²) in [7, 11) is 0. The molecule has 22 heavy (non-hydrogen) atoms. The number of aromatic amines is 1. The Hall–Kier alpha value is -2.97. The lowest BCUT2D eigenvalue weighted by Crippen LogP contribution is -2.27. The first-order valence-electron chi connectivity index (χ1n) is 6.41. The van der Waals surface area contributed by atoms with Gasteiger partial charge in [0.25, 0.3) is 5.56 Å². The second-order valence-corrected chi connectivity index (χ2v) is 4.95. The van der Waals surface area contributed by atoms with E-state index in [0.717, 1.165) is 0 Å². The van der Waals surface area contributed by atoms with Crippen LogP contribution in [0.15, 0.2) is 27.6 Å². The van der Waals surface area contributed by atoms with Gasteiger partial charge >= 0.3 is 6.04 Å². The van der Waals surface area contributed by atoms with Gasteiger partial charge in [-0.05, 0) is 28.0 Å². The van der Waals surface area contributed by atoms with Crippen LogP contribution < -0.4 is 15.0 Å². The molecule has 1 aromatic carbocycles. The molecule has 2 aromatic heterocycles. The summed E-state index contributed by atoms with van der Waals surface area (Å²) in [5.41, 5.74) is 0.967. The van der Waals surface area contributed by atoms with Crippen molar-refractivity contribution in [1.82, 2.24) is 20.3 Å². The molecular formula is C13H9FN4O4. The zero-order valence-electron chi connectivity index (χ0n) is 11.3. The molecule has 0 fully saturated rings. The number of fused-ring (bicyclic) bond motifs is 2. The van der Waals surface area contributed by atoms with E-state index in [-0.39, 0.29) is 29.2 Å². The maximum Gasteiger partial charge on any atom is 0.404 e. The molecule has 8 nitrogen and oxygen atoms in total. The van der Waals surface area contributed by atoms with Gasteiger partial charge in [0.2, 0.25) is 11.3 Å². The fourth-order valence-electron chi connectivity index (χ4n) is 2.25. The number of alkyl halides is 1. The highest BCUT2D eigenvalue weighted by atomic mass is 19.2. The van der Waals surface area contributed by atoms with Gasteiger partial charge < -0.3 is 9.47 Å². The largest absolute Gasteiger partial charge is 0.423 e. The molecule has 0 bridgehead atoms. The third kappa shape index (κ3) is 2.07. The number of rotatable bonds is 2. The summed E-state index contributed by atoms with van der Waals surface area (Å²) in [6.07, 6.45) is 0.220. The van der Waals surface area contributed by atoms with E-state index in [1.165, 1.54) is 6.92 Å². The van der Waals surface area contributed by atoms with Crippen molar-refractivity contribution in [3.05, 3.63) is 39.8 Å². The highest BCUT2D eigenvalue weighted by Crippen LogP contribution is 2.40. The van der Waals surface area contributed by atoms with Crippen LogP contribution in [0.3, 0.4) is 0 Å². The van der Waals surface area contributed by atoms with Crippen molar-refractivity contribution in [2.45, 2.75) is 19.4 Å². The van der Waals surface area contributed by atoms with Crippen LogP contribution in [-0.4, -0.2) is 26.3 Å². The molecule has 0 radical (unpaired) electrons. The molecule has 4 rings (SSSR count). The van der Waals surface area contributed by atoms with E-state index in [9.17, 15) is 9.18 Å². The van der Waals surface area contributed by atoms with Crippen LogP contribution >= 0.6 is 0 Å². The average molecular weight is 304 g/mol. The summed E-state index contributed by atoms with van der Waals surface area (Å²) < 4.78 is 28.1. The van der Waals surface area contributed by atoms with Gasteiger partial charge in [-0.1, -0.05) is 6.07 Å². The number of ether oxygens (including phenoxy) is 2. The number of H-pyrrole nitrogens is 1. The minimum absolute atomic E-state index is 0.188. The number of benzene rings is 1. The van der Waals surface area contributed by atoms with Crippen LogP contribution in [0, 0.1) is 0 Å². The second-order valence-electron chi connectivity index (χ2n) is 4.95. The molecular weight excluding hydrogens is 295 g/mol. The van der Waals surface area contributed by atoms with Crippen molar-refractivity contribution in [1.29, 1.82) is 0 Å². The van der Waals surface area contributed by atoms with E-state index >= 15 is 0 Å². The van der Waals surface area contributed by atoms with Gasteiger partial charge in [0.05, 0.1) is 0 Å².